The standard InChI is InChI=1S/C25H28ClN3O4/c1-17-21(18(2)33-27-17)15-28-10-12-29(13-11-28)25(30)19-8-9-23(24(14-19)31-3)32-16-20-6-4-5-7-22(20)26/h4-9,14H,10-13,15-16H2,1-3H3. The number of piperazine rings is 1. The van der Waals surface area contributed by atoms with Crippen molar-refractivity contribution in [1.29, 1.82) is 0 Å². The van der Waals surface area contributed by atoms with E-state index in [0.717, 1.165) is 42.2 Å². The molecule has 0 unspecified atom stereocenters. The lowest BCUT2D eigenvalue weighted by atomic mass is 10.1. The smallest absolute Gasteiger partial charge is 0.254 e. The third-order valence-corrected chi connectivity index (χ3v) is 6.34. The van der Waals surface area contributed by atoms with Gasteiger partial charge in [0.05, 0.1) is 12.8 Å². The maximum absolute atomic E-state index is 13.1. The number of methoxy groups -OCH3 is 1. The largest absolute Gasteiger partial charge is 0.493 e. The Hall–Kier alpha value is -3.03. The number of carbonyl (C=O) groups excluding carboxylic acids is 1. The van der Waals surface area contributed by atoms with Crippen LogP contribution >= 0.6 is 11.6 Å². The third kappa shape index (κ3) is 5.31. The first-order valence-electron chi connectivity index (χ1n) is 10.9. The number of hydrogen-bond donors (Lipinski definition) is 0. The second kappa shape index (κ2) is 10.3. The lowest BCUT2D eigenvalue weighted by molar-refractivity contribution is 0.0627. The molecule has 4 rings (SSSR count). The number of amides is 1. The SMILES string of the molecule is COc1cc(C(=O)N2CCN(Cc3c(C)noc3C)CC2)ccc1OCc1ccccc1Cl. The number of hydrogen-bond acceptors (Lipinski definition) is 6. The van der Waals surface area contributed by atoms with Crippen molar-refractivity contribution >= 4 is 17.5 Å². The van der Waals surface area contributed by atoms with Gasteiger partial charge in [0.15, 0.2) is 11.5 Å². The Balaban J connectivity index is 1.37. The minimum atomic E-state index is -0.0112. The van der Waals surface area contributed by atoms with E-state index in [0.29, 0.717) is 41.8 Å². The van der Waals surface area contributed by atoms with Crippen LogP contribution < -0.4 is 9.47 Å². The van der Waals surface area contributed by atoms with Gasteiger partial charge in [-0.2, -0.15) is 0 Å². The first-order valence-corrected chi connectivity index (χ1v) is 11.3. The molecule has 8 heteroatoms. The zero-order valence-corrected chi connectivity index (χ0v) is 19.9. The molecule has 1 amide bonds. The van der Waals surface area contributed by atoms with Crippen LogP contribution in [-0.2, 0) is 13.2 Å². The highest BCUT2D eigenvalue weighted by atomic mass is 35.5. The summed E-state index contributed by atoms with van der Waals surface area (Å²) in [5, 5.41) is 4.68. The van der Waals surface area contributed by atoms with Gasteiger partial charge in [-0.15, -0.1) is 0 Å². The molecule has 0 spiro atoms. The van der Waals surface area contributed by atoms with Crippen LogP contribution in [0.4, 0.5) is 0 Å². The summed E-state index contributed by atoms with van der Waals surface area (Å²) in [7, 11) is 1.57. The number of rotatable bonds is 7. The third-order valence-electron chi connectivity index (χ3n) is 5.97. The summed E-state index contributed by atoms with van der Waals surface area (Å²) in [5.74, 6) is 1.93. The molecule has 0 saturated carbocycles. The monoisotopic (exact) mass is 469 g/mol. The molecule has 1 fully saturated rings. The molecule has 0 bridgehead atoms. The first-order chi connectivity index (χ1) is 16.0. The molecule has 0 N–H and O–H groups in total. The zero-order valence-electron chi connectivity index (χ0n) is 19.1. The lowest BCUT2D eigenvalue weighted by Crippen LogP contribution is -2.48. The van der Waals surface area contributed by atoms with Crippen molar-refractivity contribution in [3.8, 4) is 11.5 Å². The molecular weight excluding hydrogens is 442 g/mol. The van der Waals surface area contributed by atoms with Crippen molar-refractivity contribution in [3.63, 3.8) is 0 Å². The summed E-state index contributed by atoms with van der Waals surface area (Å²) in [5.41, 5.74) is 3.52. The van der Waals surface area contributed by atoms with Crippen molar-refractivity contribution in [1.82, 2.24) is 15.0 Å². The van der Waals surface area contributed by atoms with E-state index in [4.69, 9.17) is 25.6 Å². The average Bonchev–Trinajstić information content (AvgIpc) is 3.15. The van der Waals surface area contributed by atoms with Crippen LogP contribution in [0.1, 0.15) is 32.9 Å². The van der Waals surface area contributed by atoms with E-state index in [1.807, 2.05) is 43.0 Å². The van der Waals surface area contributed by atoms with Crippen LogP contribution in [0.25, 0.3) is 0 Å². The Morgan fingerprint density at radius 1 is 1.09 bits per heavy atom. The van der Waals surface area contributed by atoms with Gasteiger partial charge in [-0.3, -0.25) is 9.69 Å². The molecule has 1 aliphatic rings. The van der Waals surface area contributed by atoms with Crippen molar-refractivity contribution in [2.45, 2.75) is 27.0 Å². The van der Waals surface area contributed by atoms with Crippen LogP contribution in [0.3, 0.4) is 0 Å². The van der Waals surface area contributed by atoms with Gasteiger partial charge in [0.25, 0.3) is 5.91 Å². The molecule has 0 radical (unpaired) electrons. The molecule has 2 aromatic carbocycles. The highest BCUT2D eigenvalue weighted by molar-refractivity contribution is 6.31. The van der Waals surface area contributed by atoms with Gasteiger partial charge in [-0.25, -0.2) is 0 Å². The van der Waals surface area contributed by atoms with Gasteiger partial charge in [0, 0.05) is 54.4 Å². The van der Waals surface area contributed by atoms with Crippen LogP contribution in [0, 0.1) is 13.8 Å². The summed E-state index contributed by atoms with van der Waals surface area (Å²) in [6.45, 7) is 7.92. The van der Waals surface area contributed by atoms with E-state index >= 15 is 0 Å². The number of halogens is 1. The van der Waals surface area contributed by atoms with Crippen LogP contribution in [0.5, 0.6) is 11.5 Å². The minimum Gasteiger partial charge on any atom is -0.493 e. The van der Waals surface area contributed by atoms with Crippen molar-refractivity contribution in [2.75, 3.05) is 33.3 Å². The highest BCUT2D eigenvalue weighted by Crippen LogP contribution is 2.30. The quantitative estimate of drug-likeness (QED) is 0.508. The molecule has 2 heterocycles. The van der Waals surface area contributed by atoms with Gasteiger partial charge in [-0.1, -0.05) is 35.0 Å². The predicted octanol–water partition coefficient (Wildman–Crippen LogP) is 4.49. The summed E-state index contributed by atoms with van der Waals surface area (Å²) >= 11 is 6.21. The molecule has 0 aliphatic carbocycles. The number of carbonyl (C=O) groups is 1. The zero-order chi connectivity index (χ0) is 23.4. The van der Waals surface area contributed by atoms with E-state index in [-0.39, 0.29) is 5.91 Å². The molecule has 1 aromatic heterocycles. The molecule has 33 heavy (non-hydrogen) atoms. The Morgan fingerprint density at radius 2 is 1.85 bits per heavy atom. The van der Waals surface area contributed by atoms with E-state index < -0.39 is 0 Å². The number of ether oxygens (including phenoxy) is 2. The van der Waals surface area contributed by atoms with E-state index in [1.165, 1.54) is 0 Å². The molecule has 1 saturated heterocycles. The maximum Gasteiger partial charge on any atom is 0.254 e. The lowest BCUT2D eigenvalue weighted by Gasteiger charge is -2.34. The second-order valence-corrected chi connectivity index (χ2v) is 8.52. The number of aryl methyl sites for hydroxylation is 2. The fourth-order valence-electron chi connectivity index (χ4n) is 3.93. The van der Waals surface area contributed by atoms with Gasteiger partial charge in [0.2, 0.25) is 0 Å². The number of nitrogens with zero attached hydrogens (tertiary/aromatic N) is 3. The van der Waals surface area contributed by atoms with Gasteiger partial charge < -0.3 is 18.9 Å². The molecule has 7 nitrogen and oxygen atoms in total. The number of benzene rings is 2. The van der Waals surface area contributed by atoms with Crippen molar-refractivity contribution < 1.29 is 18.8 Å². The molecular formula is C25H28ClN3O4. The summed E-state index contributed by atoms with van der Waals surface area (Å²) in [6, 6.07) is 12.8. The van der Waals surface area contributed by atoms with Crippen LogP contribution in [0.15, 0.2) is 47.0 Å². The van der Waals surface area contributed by atoms with Gasteiger partial charge in [0.1, 0.15) is 12.4 Å². The van der Waals surface area contributed by atoms with E-state index in [1.54, 1.807) is 25.3 Å². The summed E-state index contributed by atoms with van der Waals surface area (Å²) in [4.78, 5) is 17.3. The first kappa shape index (κ1) is 23.1. The average molecular weight is 470 g/mol. The molecule has 174 valence electrons. The molecule has 0 atom stereocenters. The minimum absolute atomic E-state index is 0.0112. The van der Waals surface area contributed by atoms with Crippen LogP contribution in [0.2, 0.25) is 5.02 Å². The Labute approximate surface area is 198 Å². The normalized spacial score (nSPS) is 14.4. The molecule has 3 aromatic rings. The summed E-state index contributed by atoms with van der Waals surface area (Å²) in [6.07, 6.45) is 0. The topological polar surface area (TPSA) is 68.0 Å². The second-order valence-electron chi connectivity index (χ2n) is 8.12. The fourth-order valence-corrected chi connectivity index (χ4v) is 4.12. The van der Waals surface area contributed by atoms with E-state index in [9.17, 15) is 4.79 Å². The van der Waals surface area contributed by atoms with Crippen LogP contribution in [-0.4, -0.2) is 54.2 Å². The van der Waals surface area contributed by atoms with Gasteiger partial charge >= 0.3 is 0 Å². The molecule has 1 aliphatic heterocycles. The fraction of sp³-hybridized carbons (Fsp3) is 0.360. The Morgan fingerprint density at radius 3 is 2.52 bits per heavy atom. The summed E-state index contributed by atoms with van der Waals surface area (Å²) < 4.78 is 16.7. The van der Waals surface area contributed by atoms with Gasteiger partial charge in [-0.05, 0) is 38.1 Å². The highest BCUT2D eigenvalue weighted by Gasteiger charge is 2.24. The predicted molar refractivity (Wildman–Crippen MR) is 126 cm³/mol. The van der Waals surface area contributed by atoms with Crippen molar-refractivity contribution in [2.24, 2.45) is 0 Å². The Kier molecular flexibility index (Phi) is 7.20. The maximum atomic E-state index is 13.1. The Bertz CT molecular complexity index is 1100. The van der Waals surface area contributed by atoms with Crippen molar-refractivity contribution in [3.05, 3.63) is 75.6 Å². The number of aromatic nitrogens is 1. The van der Waals surface area contributed by atoms with E-state index in [2.05, 4.69) is 10.1 Å².